The minimum Gasteiger partial charge on any atom is -0.438 e. The summed E-state index contributed by atoms with van der Waals surface area (Å²) >= 11 is 5.94. The van der Waals surface area contributed by atoms with Crippen molar-refractivity contribution >= 4 is 89.8 Å². The predicted octanol–water partition coefficient (Wildman–Crippen LogP) is 5.26. The van der Waals surface area contributed by atoms with Crippen LogP contribution in [0.1, 0.15) is 25.7 Å². The van der Waals surface area contributed by atoms with Crippen molar-refractivity contribution in [1.82, 2.24) is 0 Å². The Labute approximate surface area is 224 Å². The zero-order valence-corrected chi connectivity index (χ0v) is 23.2. The van der Waals surface area contributed by atoms with Crippen LogP contribution in [0.4, 0.5) is 26.3 Å². The summed E-state index contributed by atoms with van der Waals surface area (Å²) in [6.07, 6.45) is -14.6. The van der Waals surface area contributed by atoms with Gasteiger partial charge in [0.2, 0.25) is 0 Å². The predicted molar refractivity (Wildman–Crippen MR) is 126 cm³/mol. The number of rotatable bonds is 9. The summed E-state index contributed by atoms with van der Waals surface area (Å²) in [5.41, 5.74) is -5.44. The second-order valence-electron chi connectivity index (χ2n) is 6.40. The molecule has 0 heterocycles. The fourth-order valence-electron chi connectivity index (χ4n) is 2.30. The van der Waals surface area contributed by atoms with Crippen molar-refractivity contribution in [2.45, 2.75) is 43.6 Å². The van der Waals surface area contributed by atoms with Crippen molar-refractivity contribution in [2.24, 2.45) is 0 Å². The van der Waals surface area contributed by atoms with E-state index in [9.17, 15) is 44.3 Å². The molecule has 0 aliphatic carbocycles. The molecular weight excluding hydrogens is 831 g/mol. The molecule has 0 saturated heterocycles. The molecule has 17 heteroatoms. The summed E-state index contributed by atoms with van der Waals surface area (Å²) in [5.74, 6) is -5.42. The summed E-state index contributed by atoms with van der Waals surface area (Å²) in [4.78, 5) is 23.6. The third-order valence-electron chi connectivity index (χ3n) is 3.78. The van der Waals surface area contributed by atoms with Gasteiger partial charge in [-0.2, -0.15) is 34.8 Å². The zero-order valence-electron chi connectivity index (χ0n) is 15.9. The van der Waals surface area contributed by atoms with E-state index in [1.807, 2.05) is 45.2 Å². The van der Waals surface area contributed by atoms with Gasteiger partial charge in [-0.05, 0) is 92.7 Å². The van der Waals surface area contributed by atoms with Gasteiger partial charge in [0.25, 0.3) is 10.1 Å². The van der Waals surface area contributed by atoms with E-state index in [1.54, 1.807) is 12.1 Å². The van der Waals surface area contributed by atoms with E-state index in [-0.39, 0.29) is 25.0 Å². The van der Waals surface area contributed by atoms with Crippen molar-refractivity contribution in [2.75, 3.05) is 5.75 Å². The number of alkyl halides is 6. The first kappa shape index (κ1) is 30.9. The molecule has 0 amide bonds. The van der Waals surface area contributed by atoms with Gasteiger partial charge in [-0.3, -0.25) is 14.1 Å². The summed E-state index contributed by atoms with van der Waals surface area (Å²) < 4.78 is 120. The minimum atomic E-state index is -6.39. The van der Waals surface area contributed by atoms with Gasteiger partial charge in [0, 0.05) is 16.4 Å². The number of ether oxygens (including phenoxy) is 2. The molecule has 0 radical (unpaired) electrons. The Balaban J connectivity index is 2.76. The topological polar surface area (TPSA) is 107 Å². The molecule has 0 fully saturated rings. The fraction of sp³-hybridized carbons (Fsp3) is 0.500. The molecule has 0 atom stereocenters. The smallest absolute Gasteiger partial charge is 0.438 e. The molecule has 0 aliphatic heterocycles. The van der Waals surface area contributed by atoms with E-state index in [1.165, 1.54) is 0 Å². The summed E-state index contributed by atoms with van der Waals surface area (Å²) in [6, 6.07) is 3.48. The van der Waals surface area contributed by atoms with Crippen molar-refractivity contribution < 1.29 is 58.4 Å². The largest absolute Gasteiger partial charge is 0.438 e. The molecular formula is C16H13F6I3O7S. The lowest BCUT2D eigenvalue weighted by Crippen LogP contribution is -2.63. The van der Waals surface area contributed by atoms with Gasteiger partial charge < -0.3 is 9.47 Å². The maximum Gasteiger partial charge on any atom is 0.438 e. The monoisotopic (exact) mass is 844 g/mol. The van der Waals surface area contributed by atoms with Crippen LogP contribution in [0.2, 0.25) is 0 Å². The van der Waals surface area contributed by atoms with Crippen LogP contribution in [-0.4, -0.2) is 48.6 Å². The molecule has 0 aromatic heterocycles. The van der Waals surface area contributed by atoms with E-state index in [4.69, 9.17) is 9.29 Å². The molecule has 1 N–H and O–H groups in total. The van der Waals surface area contributed by atoms with Gasteiger partial charge in [0.1, 0.15) is 5.75 Å². The Kier molecular flexibility index (Phi) is 11.0. The molecule has 0 spiro atoms. The second-order valence-corrected chi connectivity index (χ2v) is 11.4. The summed E-state index contributed by atoms with van der Waals surface area (Å²) in [6.45, 7) is 0. The van der Waals surface area contributed by atoms with E-state index in [0.29, 0.717) is 7.14 Å². The average Bonchev–Trinajstić information content (AvgIpc) is 2.58. The molecule has 1 rings (SSSR count). The Morgan fingerprint density at radius 2 is 1.30 bits per heavy atom. The van der Waals surface area contributed by atoms with Crippen LogP contribution in [0.5, 0.6) is 5.75 Å². The molecule has 33 heavy (non-hydrogen) atoms. The quantitative estimate of drug-likeness (QED) is 0.0904. The molecule has 0 aliphatic rings. The molecule has 188 valence electrons. The first-order chi connectivity index (χ1) is 14.8. The number of carbonyl (C=O) groups excluding carboxylic acids is 2. The third kappa shape index (κ3) is 9.09. The number of unbranched alkanes of at least 4 members (excludes halogenated alkanes) is 1. The van der Waals surface area contributed by atoms with E-state index < -0.39 is 52.2 Å². The van der Waals surface area contributed by atoms with Gasteiger partial charge in [-0.15, -0.1) is 0 Å². The number of hydrogen-bond acceptors (Lipinski definition) is 6. The molecule has 1 aromatic rings. The van der Waals surface area contributed by atoms with Crippen LogP contribution in [0.3, 0.4) is 0 Å². The van der Waals surface area contributed by atoms with Crippen LogP contribution < -0.4 is 4.74 Å². The van der Waals surface area contributed by atoms with Crippen LogP contribution in [0.25, 0.3) is 0 Å². The first-order valence-corrected chi connectivity index (χ1v) is 13.3. The molecule has 0 bridgehead atoms. The number of halogens is 9. The summed E-state index contributed by atoms with van der Waals surface area (Å²) in [7, 11) is -5.85. The normalized spacial score (nSPS) is 13.0. The van der Waals surface area contributed by atoms with Gasteiger partial charge in [0.05, 0.1) is 7.14 Å². The van der Waals surface area contributed by atoms with Crippen LogP contribution in [-0.2, 0) is 24.4 Å². The molecule has 0 unspecified atom stereocenters. The molecule has 7 nitrogen and oxygen atoms in total. The Hall–Kier alpha value is -0.160. The van der Waals surface area contributed by atoms with Gasteiger partial charge in [-0.25, -0.2) is 0 Å². The van der Waals surface area contributed by atoms with Gasteiger partial charge >= 0.3 is 29.9 Å². The maximum atomic E-state index is 13.1. The van der Waals surface area contributed by atoms with Crippen molar-refractivity contribution in [1.29, 1.82) is 0 Å². The average molecular weight is 844 g/mol. The third-order valence-corrected chi connectivity index (χ3v) is 6.78. The van der Waals surface area contributed by atoms with E-state index in [0.717, 1.165) is 3.57 Å². The first-order valence-electron chi connectivity index (χ1n) is 8.45. The minimum absolute atomic E-state index is 0.144. The molecule has 1 aromatic carbocycles. The maximum absolute atomic E-state index is 13.1. The van der Waals surface area contributed by atoms with Crippen LogP contribution in [0, 0.1) is 10.7 Å². The lowest BCUT2D eigenvalue weighted by molar-refractivity contribution is -0.361. The highest BCUT2D eigenvalue weighted by Gasteiger charge is 2.75. The Bertz CT molecular complexity index is 958. The number of esters is 2. The number of carbonyl (C=O) groups is 2. The van der Waals surface area contributed by atoms with Crippen molar-refractivity contribution in [3.63, 3.8) is 0 Å². The number of hydrogen-bond donors (Lipinski definition) is 1. The Morgan fingerprint density at radius 1 is 0.879 bits per heavy atom. The summed E-state index contributed by atoms with van der Waals surface area (Å²) in [5, 5.41) is 0. The lowest BCUT2D eigenvalue weighted by atomic mass is 10.1. The lowest BCUT2D eigenvalue weighted by Gasteiger charge is -2.35. The zero-order chi connectivity index (χ0) is 25.8. The van der Waals surface area contributed by atoms with Crippen molar-refractivity contribution in [3.05, 3.63) is 22.8 Å². The van der Waals surface area contributed by atoms with E-state index >= 15 is 0 Å². The van der Waals surface area contributed by atoms with Gasteiger partial charge in [-0.1, -0.05) is 0 Å². The highest BCUT2D eigenvalue weighted by molar-refractivity contribution is 14.1. The standard InChI is InChI=1S/C16H13F6I3O7S/c17-15(18,19)14(16(20,21)22,7-33(28,29)30)32-12(27)4-2-1-3-11(26)31-13-9(24)5-8(23)6-10(13)25/h5-6H,1-4,7H2,(H,28,29,30). The van der Waals surface area contributed by atoms with E-state index in [2.05, 4.69) is 27.3 Å². The van der Waals surface area contributed by atoms with Crippen LogP contribution >= 0.6 is 67.8 Å². The SMILES string of the molecule is O=C(CCCCC(=O)OC(CS(=O)(=O)O)(C(F)(F)F)C(F)(F)F)Oc1c(I)cc(I)cc1I. The highest BCUT2D eigenvalue weighted by Crippen LogP contribution is 2.47. The molecule has 0 saturated carbocycles. The van der Waals surface area contributed by atoms with Crippen LogP contribution in [0.15, 0.2) is 12.1 Å². The highest BCUT2D eigenvalue weighted by atomic mass is 127. The number of benzene rings is 1. The Morgan fingerprint density at radius 3 is 1.70 bits per heavy atom. The van der Waals surface area contributed by atoms with Crippen molar-refractivity contribution in [3.8, 4) is 5.75 Å². The second kappa shape index (κ2) is 11.7. The van der Waals surface area contributed by atoms with Gasteiger partial charge in [0.15, 0.2) is 5.75 Å². The fourth-order valence-corrected chi connectivity index (χ4v) is 7.00.